The van der Waals surface area contributed by atoms with Gasteiger partial charge in [-0.25, -0.2) is 4.79 Å². The zero-order valence-electron chi connectivity index (χ0n) is 19.2. The van der Waals surface area contributed by atoms with Gasteiger partial charge < -0.3 is 14.2 Å². The summed E-state index contributed by atoms with van der Waals surface area (Å²) < 4.78 is 16.0. The number of esters is 2. The highest BCUT2D eigenvalue weighted by atomic mass is 16.5. The summed E-state index contributed by atoms with van der Waals surface area (Å²) in [7, 11) is 0. The SMILES string of the molecule is C=C(C)C(=O)OCCCC(=O)OCCCCCCOc1ccccc1C(=O)c1ccccc1. The number of carbonyl (C=O) groups is 3. The number of benzene rings is 2. The molecule has 2 rings (SSSR count). The minimum atomic E-state index is -0.446. The molecule has 176 valence electrons. The fourth-order valence-electron chi connectivity index (χ4n) is 3.03. The molecule has 0 radical (unpaired) electrons. The molecule has 0 N–H and O–H groups in total. The summed E-state index contributed by atoms with van der Waals surface area (Å²) in [5.41, 5.74) is 1.54. The number of carbonyl (C=O) groups excluding carboxylic acids is 3. The Hall–Kier alpha value is -3.41. The number of unbranched alkanes of at least 4 members (excludes halogenated alkanes) is 3. The minimum absolute atomic E-state index is 0.0537. The standard InChI is InChI=1S/C27H32O6/c1-21(2)27(30)33-20-12-17-25(28)32-19-11-4-3-10-18-31-24-16-9-8-15-23(24)26(29)22-13-6-5-7-14-22/h5-9,13-16H,1,3-4,10-12,17-20H2,2H3. The molecule has 0 aromatic heterocycles. The summed E-state index contributed by atoms with van der Waals surface area (Å²) in [5, 5.41) is 0. The van der Waals surface area contributed by atoms with E-state index < -0.39 is 5.97 Å². The van der Waals surface area contributed by atoms with Crippen LogP contribution in [0.2, 0.25) is 0 Å². The molecule has 2 aromatic rings. The molecular formula is C27H32O6. The number of rotatable bonds is 15. The summed E-state index contributed by atoms with van der Waals surface area (Å²) in [4.78, 5) is 35.6. The third-order valence-electron chi connectivity index (χ3n) is 4.83. The van der Waals surface area contributed by atoms with Gasteiger partial charge in [-0.15, -0.1) is 0 Å². The van der Waals surface area contributed by atoms with Crippen molar-refractivity contribution in [2.24, 2.45) is 0 Å². The Labute approximate surface area is 195 Å². The number of hydrogen-bond acceptors (Lipinski definition) is 6. The first-order valence-electron chi connectivity index (χ1n) is 11.3. The van der Waals surface area contributed by atoms with Gasteiger partial charge >= 0.3 is 11.9 Å². The van der Waals surface area contributed by atoms with Gasteiger partial charge in [0, 0.05) is 17.6 Å². The van der Waals surface area contributed by atoms with E-state index in [1.54, 1.807) is 25.1 Å². The first kappa shape index (κ1) is 25.8. The summed E-state index contributed by atoms with van der Waals surface area (Å²) in [6, 6.07) is 16.4. The lowest BCUT2D eigenvalue weighted by Crippen LogP contribution is -2.10. The Morgan fingerprint density at radius 3 is 2.12 bits per heavy atom. The van der Waals surface area contributed by atoms with Gasteiger partial charge in [-0.3, -0.25) is 9.59 Å². The first-order valence-corrected chi connectivity index (χ1v) is 11.3. The summed E-state index contributed by atoms with van der Waals surface area (Å²) in [6.07, 6.45) is 4.12. The van der Waals surface area contributed by atoms with Gasteiger partial charge in [0.1, 0.15) is 5.75 Å². The number of ketones is 1. The molecule has 0 aliphatic rings. The molecule has 6 nitrogen and oxygen atoms in total. The number of para-hydroxylation sites is 1. The van der Waals surface area contributed by atoms with Gasteiger partial charge in [0.15, 0.2) is 5.78 Å². The van der Waals surface area contributed by atoms with Crippen LogP contribution in [0.3, 0.4) is 0 Å². The maximum atomic E-state index is 12.7. The molecule has 0 spiro atoms. The predicted octanol–water partition coefficient (Wildman–Crippen LogP) is 5.30. The number of ether oxygens (including phenoxy) is 3. The van der Waals surface area contributed by atoms with E-state index >= 15 is 0 Å². The quantitative estimate of drug-likeness (QED) is 0.158. The molecular weight excluding hydrogens is 420 g/mol. The van der Waals surface area contributed by atoms with Crippen LogP contribution in [0.15, 0.2) is 66.7 Å². The third-order valence-corrected chi connectivity index (χ3v) is 4.83. The Balaban J connectivity index is 1.56. The van der Waals surface area contributed by atoms with Gasteiger partial charge in [0.05, 0.1) is 25.4 Å². The van der Waals surface area contributed by atoms with E-state index in [0.717, 1.165) is 25.7 Å². The minimum Gasteiger partial charge on any atom is -0.493 e. The van der Waals surface area contributed by atoms with Crippen LogP contribution in [-0.4, -0.2) is 37.5 Å². The van der Waals surface area contributed by atoms with Crippen LogP contribution >= 0.6 is 0 Å². The molecule has 0 amide bonds. The van der Waals surface area contributed by atoms with E-state index in [1.165, 1.54) is 0 Å². The fourth-order valence-corrected chi connectivity index (χ4v) is 3.03. The van der Waals surface area contributed by atoms with Crippen molar-refractivity contribution in [1.29, 1.82) is 0 Å². The van der Waals surface area contributed by atoms with Crippen LogP contribution in [0.1, 0.15) is 61.4 Å². The molecule has 2 aromatic carbocycles. The van der Waals surface area contributed by atoms with E-state index in [1.807, 2.05) is 36.4 Å². The molecule has 0 heterocycles. The Bertz CT molecular complexity index is 919. The molecule has 0 saturated carbocycles. The molecule has 33 heavy (non-hydrogen) atoms. The van der Waals surface area contributed by atoms with Crippen molar-refractivity contribution < 1.29 is 28.6 Å². The van der Waals surface area contributed by atoms with Crippen molar-refractivity contribution in [3.63, 3.8) is 0 Å². The van der Waals surface area contributed by atoms with Gasteiger partial charge in [-0.05, 0) is 51.2 Å². The predicted molar refractivity (Wildman–Crippen MR) is 126 cm³/mol. The molecule has 0 aliphatic heterocycles. The lowest BCUT2D eigenvalue weighted by molar-refractivity contribution is -0.146. The van der Waals surface area contributed by atoms with Gasteiger partial charge in [0.25, 0.3) is 0 Å². The molecule has 6 heteroatoms. The molecule has 0 saturated heterocycles. The largest absolute Gasteiger partial charge is 0.493 e. The third kappa shape index (κ3) is 9.73. The van der Waals surface area contributed by atoms with Crippen LogP contribution < -0.4 is 4.74 Å². The zero-order valence-corrected chi connectivity index (χ0v) is 19.2. The molecule has 0 aliphatic carbocycles. The molecule has 0 bridgehead atoms. The van der Waals surface area contributed by atoms with Crippen LogP contribution in [0.5, 0.6) is 5.75 Å². The maximum absolute atomic E-state index is 12.7. The second-order valence-corrected chi connectivity index (χ2v) is 7.69. The van der Waals surface area contributed by atoms with Crippen LogP contribution in [0.4, 0.5) is 0 Å². The van der Waals surface area contributed by atoms with Crippen LogP contribution in [0, 0.1) is 0 Å². The summed E-state index contributed by atoms with van der Waals surface area (Å²) >= 11 is 0. The zero-order chi connectivity index (χ0) is 23.9. The van der Waals surface area contributed by atoms with E-state index in [2.05, 4.69) is 6.58 Å². The van der Waals surface area contributed by atoms with Crippen molar-refractivity contribution in [3.05, 3.63) is 77.9 Å². The van der Waals surface area contributed by atoms with Crippen molar-refractivity contribution in [2.45, 2.75) is 45.4 Å². The highest BCUT2D eigenvalue weighted by Gasteiger charge is 2.13. The van der Waals surface area contributed by atoms with Crippen LogP contribution in [0.25, 0.3) is 0 Å². The van der Waals surface area contributed by atoms with E-state index in [9.17, 15) is 14.4 Å². The highest BCUT2D eigenvalue weighted by Crippen LogP contribution is 2.22. The number of hydrogen-bond donors (Lipinski definition) is 0. The Morgan fingerprint density at radius 1 is 0.758 bits per heavy atom. The van der Waals surface area contributed by atoms with Crippen molar-refractivity contribution in [1.82, 2.24) is 0 Å². The summed E-state index contributed by atoms with van der Waals surface area (Å²) in [6.45, 7) is 6.15. The van der Waals surface area contributed by atoms with Crippen LogP contribution in [-0.2, 0) is 19.1 Å². The first-order chi connectivity index (χ1) is 16.0. The second kappa shape index (κ2) is 14.6. The van der Waals surface area contributed by atoms with E-state index in [-0.39, 0.29) is 24.8 Å². The topological polar surface area (TPSA) is 78.9 Å². The summed E-state index contributed by atoms with van der Waals surface area (Å²) in [5.74, 6) is -0.195. The lowest BCUT2D eigenvalue weighted by atomic mass is 10.0. The van der Waals surface area contributed by atoms with Gasteiger partial charge in [-0.1, -0.05) is 49.0 Å². The molecule has 0 unspecified atom stereocenters. The monoisotopic (exact) mass is 452 g/mol. The maximum Gasteiger partial charge on any atom is 0.333 e. The van der Waals surface area contributed by atoms with E-state index in [4.69, 9.17) is 14.2 Å². The second-order valence-electron chi connectivity index (χ2n) is 7.69. The average molecular weight is 453 g/mol. The van der Waals surface area contributed by atoms with Crippen molar-refractivity contribution in [3.8, 4) is 5.75 Å². The molecule has 0 fully saturated rings. The smallest absolute Gasteiger partial charge is 0.333 e. The van der Waals surface area contributed by atoms with Crippen molar-refractivity contribution in [2.75, 3.05) is 19.8 Å². The van der Waals surface area contributed by atoms with Gasteiger partial charge in [0.2, 0.25) is 0 Å². The highest BCUT2D eigenvalue weighted by molar-refractivity contribution is 6.10. The fraction of sp³-hybridized carbons (Fsp3) is 0.370. The van der Waals surface area contributed by atoms with Crippen molar-refractivity contribution >= 4 is 17.7 Å². The normalized spacial score (nSPS) is 10.3. The lowest BCUT2D eigenvalue weighted by Gasteiger charge is -2.11. The van der Waals surface area contributed by atoms with Gasteiger partial charge in [-0.2, -0.15) is 0 Å². The molecule has 0 atom stereocenters. The Morgan fingerprint density at radius 2 is 1.39 bits per heavy atom. The Kier molecular flexibility index (Phi) is 11.4. The van der Waals surface area contributed by atoms with E-state index in [0.29, 0.717) is 42.1 Å². The average Bonchev–Trinajstić information content (AvgIpc) is 2.83.